The molecule has 0 aromatic heterocycles. The molecule has 1 unspecified atom stereocenters. The predicted octanol–water partition coefficient (Wildman–Crippen LogP) is 3.53. The molecule has 0 bridgehead atoms. The number of carboxylic acids is 1. The molecular weight excluding hydrogens is 297 g/mol. The molecular formula is C18H24FNO3. The molecule has 4 nitrogen and oxygen atoms in total. The van der Waals surface area contributed by atoms with Crippen LogP contribution in [0, 0.1) is 23.1 Å². The summed E-state index contributed by atoms with van der Waals surface area (Å²) in [4.78, 5) is 23.6. The van der Waals surface area contributed by atoms with Crippen molar-refractivity contribution in [3.05, 3.63) is 35.6 Å². The number of nitrogens with one attached hydrogen (secondary N) is 1. The number of benzene rings is 1. The first-order valence-electron chi connectivity index (χ1n) is 7.97. The Balaban J connectivity index is 2.11. The molecule has 1 saturated carbocycles. The zero-order valence-electron chi connectivity index (χ0n) is 13.8. The van der Waals surface area contributed by atoms with Gasteiger partial charge in [0.05, 0.1) is 12.0 Å². The molecule has 0 heterocycles. The van der Waals surface area contributed by atoms with Gasteiger partial charge in [-0.2, -0.15) is 0 Å². The van der Waals surface area contributed by atoms with Crippen LogP contribution >= 0.6 is 0 Å². The molecule has 0 radical (unpaired) electrons. The minimum absolute atomic E-state index is 0.113. The van der Waals surface area contributed by atoms with Crippen molar-refractivity contribution in [2.45, 2.75) is 46.1 Å². The van der Waals surface area contributed by atoms with Crippen LogP contribution < -0.4 is 5.32 Å². The van der Waals surface area contributed by atoms with Crippen molar-refractivity contribution >= 4 is 11.9 Å². The van der Waals surface area contributed by atoms with E-state index in [1.54, 1.807) is 12.1 Å². The van der Waals surface area contributed by atoms with Gasteiger partial charge in [-0.25, -0.2) is 4.39 Å². The lowest BCUT2D eigenvalue weighted by atomic mass is 9.82. The molecule has 3 atom stereocenters. The highest BCUT2D eigenvalue weighted by molar-refractivity contribution is 5.81. The van der Waals surface area contributed by atoms with Crippen molar-refractivity contribution in [3.63, 3.8) is 0 Å². The minimum atomic E-state index is -0.828. The van der Waals surface area contributed by atoms with E-state index in [-0.39, 0.29) is 29.1 Å². The highest BCUT2D eigenvalue weighted by Crippen LogP contribution is 2.35. The molecule has 1 aliphatic carbocycles. The first-order valence-corrected chi connectivity index (χ1v) is 7.97. The Morgan fingerprint density at radius 3 is 2.22 bits per heavy atom. The summed E-state index contributed by atoms with van der Waals surface area (Å²) in [6.45, 7) is 6.03. The van der Waals surface area contributed by atoms with Crippen LogP contribution in [0.5, 0.6) is 0 Å². The Bertz CT molecular complexity index is 577. The van der Waals surface area contributed by atoms with Crippen molar-refractivity contribution < 1.29 is 19.1 Å². The van der Waals surface area contributed by atoms with E-state index in [1.165, 1.54) is 12.1 Å². The van der Waals surface area contributed by atoms with E-state index in [0.29, 0.717) is 19.3 Å². The molecule has 0 spiro atoms. The number of carbonyl (C=O) groups is 2. The number of carbonyl (C=O) groups excluding carboxylic acids is 1. The predicted molar refractivity (Wildman–Crippen MR) is 85.2 cm³/mol. The number of hydrogen-bond donors (Lipinski definition) is 2. The lowest BCUT2D eigenvalue weighted by Crippen LogP contribution is -2.39. The number of hydrogen-bond acceptors (Lipinski definition) is 2. The van der Waals surface area contributed by atoms with Gasteiger partial charge in [-0.05, 0) is 42.4 Å². The summed E-state index contributed by atoms with van der Waals surface area (Å²) >= 11 is 0. The van der Waals surface area contributed by atoms with E-state index < -0.39 is 11.9 Å². The maximum atomic E-state index is 13.1. The van der Waals surface area contributed by atoms with Crippen molar-refractivity contribution in [2.24, 2.45) is 17.3 Å². The van der Waals surface area contributed by atoms with Crippen LogP contribution in [-0.4, -0.2) is 17.0 Å². The summed E-state index contributed by atoms with van der Waals surface area (Å²) < 4.78 is 13.1. The average molecular weight is 321 g/mol. The van der Waals surface area contributed by atoms with E-state index in [4.69, 9.17) is 5.11 Å². The van der Waals surface area contributed by atoms with E-state index >= 15 is 0 Å². The van der Waals surface area contributed by atoms with Crippen molar-refractivity contribution in [2.75, 3.05) is 0 Å². The Morgan fingerprint density at radius 2 is 1.74 bits per heavy atom. The van der Waals surface area contributed by atoms with Gasteiger partial charge in [0.25, 0.3) is 0 Å². The third-order valence-corrected chi connectivity index (χ3v) is 4.51. The molecule has 2 N–H and O–H groups in total. The zero-order chi connectivity index (χ0) is 17.2. The Morgan fingerprint density at radius 1 is 1.17 bits per heavy atom. The van der Waals surface area contributed by atoms with E-state index in [0.717, 1.165) is 5.56 Å². The van der Waals surface area contributed by atoms with Gasteiger partial charge in [0.15, 0.2) is 0 Å². The molecule has 0 aliphatic heterocycles. The molecule has 1 aliphatic rings. The van der Waals surface area contributed by atoms with Crippen LogP contribution in [0.3, 0.4) is 0 Å². The van der Waals surface area contributed by atoms with Crippen LogP contribution in [0.25, 0.3) is 0 Å². The fourth-order valence-corrected chi connectivity index (χ4v) is 3.16. The molecule has 2 rings (SSSR count). The number of aliphatic carboxylic acids is 1. The Hall–Kier alpha value is -1.91. The summed E-state index contributed by atoms with van der Waals surface area (Å²) in [5.41, 5.74) is 0.609. The third-order valence-electron chi connectivity index (χ3n) is 4.51. The molecule has 1 aromatic rings. The summed E-state index contributed by atoms with van der Waals surface area (Å²) in [5.74, 6) is -1.94. The second-order valence-corrected chi connectivity index (χ2v) is 7.40. The second-order valence-electron chi connectivity index (χ2n) is 7.40. The topological polar surface area (TPSA) is 66.4 Å². The van der Waals surface area contributed by atoms with Crippen LogP contribution in [0.4, 0.5) is 4.39 Å². The monoisotopic (exact) mass is 321 g/mol. The van der Waals surface area contributed by atoms with Gasteiger partial charge in [-0.15, -0.1) is 0 Å². The molecule has 23 heavy (non-hydrogen) atoms. The summed E-state index contributed by atoms with van der Waals surface area (Å²) in [6.07, 6.45) is 1.54. The van der Waals surface area contributed by atoms with Gasteiger partial charge in [-0.1, -0.05) is 32.9 Å². The Kier molecular flexibility index (Phi) is 5.07. The Labute approximate surface area is 136 Å². The van der Waals surface area contributed by atoms with Gasteiger partial charge in [0.1, 0.15) is 5.82 Å². The molecule has 1 aromatic carbocycles. The fourth-order valence-electron chi connectivity index (χ4n) is 3.16. The maximum absolute atomic E-state index is 13.1. The van der Waals surface area contributed by atoms with Crippen LogP contribution in [0.2, 0.25) is 0 Å². The second kappa shape index (κ2) is 6.69. The average Bonchev–Trinajstić information content (AvgIpc) is 2.94. The number of carboxylic acid groups (broad SMARTS) is 1. The zero-order valence-corrected chi connectivity index (χ0v) is 13.8. The summed E-state index contributed by atoms with van der Waals surface area (Å²) in [5, 5.41) is 12.1. The van der Waals surface area contributed by atoms with Crippen LogP contribution in [0.1, 0.15) is 51.6 Å². The lowest BCUT2D eigenvalue weighted by Gasteiger charge is -2.33. The normalized spacial score (nSPS) is 22.6. The number of amides is 1. The van der Waals surface area contributed by atoms with Gasteiger partial charge in [0.2, 0.25) is 5.91 Å². The fraction of sp³-hybridized carbons (Fsp3) is 0.556. The highest BCUT2D eigenvalue weighted by atomic mass is 19.1. The summed E-state index contributed by atoms with van der Waals surface area (Å²) in [6, 6.07) is 5.88. The molecule has 126 valence electrons. The number of rotatable bonds is 4. The van der Waals surface area contributed by atoms with Gasteiger partial charge in [-0.3, -0.25) is 9.59 Å². The largest absolute Gasteiger partial charge is 0.481 e. The van der Waals surface area contributed by atoms with Gasteiger partial charge >= 0.3 is 5.97 Å². The molecule has 1 fully saturated rings. The standard InChI is InChI=1S/C18H24FNO3/c1-18(2,3)15(11-6-8-14(19)9-7-11)20-16(21)12-4-5-13(10-12)17(22)23/h6-9,12-13,15H,4-5,10H2,1-3H3,(H,20,21)(H,22,23)/t12-,13+,15?/m1/s1. The van der Waals surface area contributed by atoms with Crippen LogP contribution in [0.15, 0.2) is 24.3 Å². The van der Waals surface area contributed by atoms with Gasteiger partial charge in [0, 0.05) is 5.92 Å². The molecule has 5 heteroatoms. The lowest BCUT2D eigenvalue weighted by molar-refractivity contribution is -0.141. The van der Waals surface area contributed by atoms with Gasteiger partial charge < -0.3 is 10.4 Å². The van der Waals surface area contributed by atoms with E-state index in [2.05, 4.69) is 5.32 Å². The summed E-state index contributed by atoms with van der Waals surface area (Å²) in [7, 11) is 0. The third kappa shape index (κ3) is 4.30. The number of halogens is 1. The highest BCUT2D eigenvalue weighted by Gasteiger charge is 2.36. The SMILES string of the molecule is CC(C)(C)C(NC(=O)[C@@H]1CC[C@H](C(=O)O)C1)c1ccc(F)cc1. The molecule has 1 amide bonds. The first kappa shape index (κ1) is 17.4. The van der Waals surface area contributed by atoms with E-state index in [9.17, 15) is 14.0 Å². The first-order chi connectivity index (χ1) is 10.7. The van der Waals surface area contributed by atoms with E-state index in [1.807, 2.05) is 20.8 Å². The van der Waals surface area contributed by atoms with Crippen molar-refractivity contribution in [3.8, 4) is 0 Å². The smallest absolute Gasteiger partial charge is 0.306 e. The van der Waals surface area contributed by atoms with Crippen molar-refractivity contribution in [1.29, 1.82) is 0 Å². The molecule has 0 saturated heterocycles. The maximum Gasteiger partial charge on any atom is 0.306 e. The quantitative estimate of drug-likeness (QED) is 0.891. The van der Waals surface area contributed by atoms with Crippen molar-refractivity contribution in [1.82, 2.24) is 5.32 Å². The van der Waals surface area contributed by atoms with Crippen LogP contribution in [-0.2, 0) is 9.59 Å². The minimum Gasteiger partial charge on any atom is -0.481 e.